The molecule has 7 heterocycles. The maximum atomic E-state index is 16.4. The first-order valence-electron chi connectivity index (χ1n) is 38.9. The smallest absolute Gasteiger partial charge is 0.248 e. The zero-order valence-electron chi connectivity index (χ0n) is 65.8. The lowest BCUT2D eigenvalue weighted by molar-refractivity contribution is -0.334. The van der Waals surface area contributed by atoms with E-state index in [-0.39, 0.29) is 76.2 Å². The van der Waals surface area contributed by atoms with Crippen molar-refractivity contribution in [2.24, 2.45) is 11.7 Å². The van der Waals surface area contributed by atoms with Gasteiger partial charge in [-0.05, 0) is 138 Å². The van der Waals surface area contributed by atoms with Crippen LogP contribution in [-0.4, -0.2) is 186 Å². The highest BCUT2D eigenvalue weighted by Crippen LogP contribution is 2.50. The number of phenolic OH excluding ortho intramolecular Hbond substituents is 3. The van der Waals surface area contributed by atoms with E-state index in [0.717, 1.165) is 71.3 Å². The van der Waals surface area contributed by atoms with Crippen molar-refractivity contribution in [3.63, 3.8) is 0 Å². The van der Waals surface area contributed by atoms with Crippen LogP contribution >= 0.6 is 23.2 Å². The Bertz CT molecular complexity index is 5210. The molecule has 8 amide bonds. The van der Waals surface area contributed by atoms with E-state index >= 15 is 24.0 Å². The van der Waals surface area contributed by atoms with Gasteiger partial charge in [0.15, 0.2) is 23.9 Å². The third-order valence-corrected chi connectivity index (χ3v) is 22.4. The van der Waals surface area contributed by atoms with E-state index < -0.39 is 220 Å². The molecule has 0 saturated carbocycles. The van der Waals surface area contributed by atoms with Gasteiger partial charge in [-0.3, -0.25) is 38.4 Å². The molecular weight excluding hydrogens is 1610 g/mol. The number of aliphatic hydroxyl groups is 6. The van der Waals surface area contributed by atoms with E-state index in [1.54, 1.807) is 44.2 Å². The summed E-state index contributed by atoms with van der Waals surface area (Å²) in [5.74, 6) is -14.6. The molecule has 33 nitrogen and oxygen atoms in total. The number of primary amides is 1. The molecule has 11 bridgehead atoms. The van der Waals surface area contributed by atoms with Crippen molar-refractivity contribution in [2.45, 2.75) is 169 Å². The van der Waals surface area contributed by atoms with Crippen LogP contribution < -0.4 is 67.8 Å². The number of benzene rings is 8. The Kier molecular flexibility index (Phi) is 26.8. The minimum Gasteiger partial charge on any atom is -0.508 e. The summed E-state index contributed by atoms with van der Waals surface area (Å²) >= 11 is 14.4. The average Bonchev–Trinajstić information content (AvgIpc) is 0.769. The monoisotopic (exact) mass is 1700 g/mol. The van der Waals surface area contributed by atoms with E-state index in [1.165, 1.54) is 31.3 Å². The Morgan fingerprint density at radius 1 is 0.628 bits per heavy atom. The van der Waals surface area contributed by atoms with Gasteiger partial charge in [-0.1, -0.05) is 140 Å². The highest BCUT2D eigenvalue weighted by Gasteiger charge is 2.52. The SMILES string of the molecule is CN[C@H](CC(C)C)C(=O)N[C@H]1C(=O)N[C@@H](CC(N)=O)C(=O)N[C@H]2C(=O)N[C@H]3C(=O)N[C@H](C(=O)N[C@H](C(=O)NCc4ccccc4)c4cc(O)cc(O)c4-c4cc3ccc4O)[C@H](O)c3ccc(c(Cl)c3)Oc3cc2cc(c3O[C@@H]2O[C@H](CO)[C@@H](O)[C@H](O)[C@H]2O[C@H]2C[C@](C)(NCc3ccc(-c4ccccc4)cc3)[C@@H](O)[C@H](C)O2)Oc2ccc(cc2Cl)[C@H]1O. The summed E-state index contributed by atoms with van der Waals surface area (Å²) < 4.78 is 39.7. The molecule has 8 aromatic rings. The zero-order valence-corrected chi connectivity index (χ0v) is 67.3. The first kappa shape index (κ1) is 87.3. The molecule has 0 spiro atoms. The number of nitrogens with one attached hydrogen (secondary N) is 9. The summed E-state index contributed by atoms with van der Waals surface area (Å²) in [5, 5.41) is 131. The third-order valence-electron chi connectivity index (χ3n) is 21.8. The van der Waals surface area contributed by atoms with Crippen molar-refractivity contribution < 1.29 is 113 Å². The number of ether oxygens (including phenoxy) is 6. The summed E-state index contributed by atoms with van der Waals surface area (Å²) in [7, 11) is 1.49. The summed E-state index contributed by atoms with van der Waals surface area (Å²) in [5.41, 5.74) is 5.67. The van der Waals surface area contributed by atoms with Crippen LogP contribution in [0.15, 0.2) is 164 Å². The molecule has 7 aliphatic heterocycles. The van der Waals surface area contributed by atoms with Crippen molar-refractivity contribution in [2.75, 3.05) is 13.7 Å². The Hall–Kier alpha value is -11.5. The molecule has 0 unspecified atom stereocenters. The van der Waals surface area contributed by atoms with E-state index in [0.29, 0.717) is 5.56 Å². The van der Waals surface area contributed by atoms with Crippen LogP contribution in [0.5, 0.6) is 46.0 Å². The minimum absolute atomic E-state index is 0.103. The normalized spacial score (nSPS) is 26.4. The second-order valence-corrected chi connectivity index (χ2v) is 31.7. The number of aromatic hydroxyl groups is 3. The third kappa shape index (κ3) is 19.4. The number of hydrogen-bond acceptors (Lipinski definition) is 25. The molecule has 35 heteroatoms. The van der Waals surface area contributed by atoms with Gasteiger partial charge in [0.05, 0.1) is 41.3 Å². The van der Waals surface area contributed by atoms with Crippen LogP contribution in [0.25, 0.3) is 22.3 Å². The minimum atomic E-state index is -2.35. The Balaban J connectivity index is 0.985. The number of carbonyl (C=O) groups excluding carboxylic acids is 8. The lowest BCUT2D eigenvalue weighted by atomic mass is 9.84. The highest BCUT2D eigenvalue weighted by molar-refractivity contribution is 6.32. The lowest BCUT2D eigenvalue weighted by Gasteiger charge is -2.48. The van der Waals surface area contributed by atoms with Crippen molar-refractivity contribution in [1.82, 2.24) is 47.9 Å². The van der Waals surface area contributed by atoms with Crippen LogP contribution in [0.3, 0.4) is 0 Å². The molecule has 18 atom stereocenters. The number of likely N-dealkylation sites (N-methyl/N-ethyl adjacent to an activating group) is 1. The molecule has 2 fully saturated rings. The summed E-state index contributed by atoms with van der Waals surface area (Å²) in [6.45, 7) is 6.08. The van der Waals surface area contributed by atoms with Gasteiger partial charge in [-0.25, -0.2) is 0 Å². The number of hydrogen-bond donors (Lipinski definition) is 19. The van der Waals surface area contributed by atoms with E-state index in [2.05, 4.69) is 47.9 Å². The number of rotatable bonds is 19. The molecular formula is C86H92Cl2N10O23. The van der Waals surface area contributed by atoms with Crippen molar-refractivity contribution in [1.29, 1.82) is 0 Å². The van der Waals surface area contributed by atoms with Crippen molar-refractivity contribution in [3.05, 3.63) is 213 Å². The molecule has 2 saturated heterocycles. The molecule has 0 aromatic heterocycles. The van der Waals surface area contributed by atoms with Gasteiger partial charge < -0.3 is 128 Å². The Morgan fingerprint density at radius 3 is 1.86 bits per heavy atom. The first-order chi connectivity index (χ1) is 57.8. The molecule has 121 heavy (non-hydrogen) atoms. The molecule has 638 valence electrons. The summed E-state index contributed by atoms with van der Waals surface area (Å²) in [4.78, 5) is 121. The summed E-state index contributed by atoms with van der Waals surface area (Å²) in [6.07, 6.45) is -18.5. The molecule has 7 aliphatic rings. The van der Waals surface area contributed by atoms with Crippen LogP contribution in [-0.2, 0) is 65.7 Å². The second kappa shape index (κ2) is 37.2. The van der Waals surface area contributed by atoms with Crippen LogP contribution in [0.4, 0.5) is 0 Å². The van der Waals surface area contributed by atoms with Crippen LogP contribution in [0.1, 0.15) is 116 Å². The van der Waals surface area contributed by atoms with Gasteiger partial charge in [0.25, 0.3) is 0 Å². The quantitative estimate of drug-likeness (QED) is 0.0515. The highest BCUT2D eigenvalue weighted by atomic mass is 35.5. The van der Waals surface area contributed by atoms with Crippen molar-refractivity contribution in [3.8, 4) is 68.2 Å². The number of amides is 8. The van der Waals surface area contributed by atoms with E-state index in [9.17, 15) is 60.3 Å². The number of carbonyl (C=O) groups is 8. The van der Waals surface area contributed by atoms with Gasteiger partial charge >= 0.3 is 0 Å². The number of nitrogens with two attached hydrogens (primary N) is 1. The van der Waals surface area contributed by atoms with Gasteiger partial charge in [0, 0.05) is 42.2 Å². The molecule has 0 aliphatic carbocycles. The fourth-order valence-corrected chi connectivity index (χ4v) is 15.7. The fourth-order valence-electron chi connectivity index (χ4n) is 15.3. The zero-order chi connectivity index (χ0) is 86.6. The van der Waals surface area contributed by atoms with E-state index in [4.69, 9.17) is 57.4 Å². The number of halogens is 2. The topological polar surface area (TPSA) is 508 Å². The first-order valence-corrected chi connectivity index (χ1v) is 39.7. The molecule has 0 radical (unpaired) electrons. The predicted octanol–water partition coefficient (Wildman–Crippen LogP) is 4.84. The van der Waals surface area contributed by atoms with Crippen molar-refractivity contribution >= 4 is 70.5 Å². The van der Waals surface area contributed by atoms with Gasteiger partial charge in [0.1, 0.15) is 95.5 Å². The number of phenols is 3. The average molecular weight is 1700 g/mol. The van der Waals surface area contributed by atoms with Gasteiger partial charge in [0.2, 0.25) is 59.3 Å². The summed E-state index contributed by atoms with van der Waals surface area (Å²) in [6, 6.07) is 26.5. The standard InChI is InChI=1S/C86H92Cl2N10O23/c1-39(2)26-54(90-5)78(109)97-69-71(104)46-21-24-58(52(87)28-46)117-60-30-48-31-61(75(60)121-85-76(74(107)73(106)62(38-99)119-85)120-64-35-86(4,77(108)40(3)116-64)92-37-42-16-18-44(19-17-42)43-14-10-7-11-15-43)118-59-25-22-47(29-53(59)88)72(105)70-84(115)96-68(80(111)91-36-41-12-8-6-9-13-41)51-32-49(100)33-57(102)65(51)50-27-45(20-23-56(50)101)66(81(112)98-70)95-82(113)67(48)94-79(110)55(34-63(89)103)93-83(69)114/h6-25,27-33,39-40,54-55,62,64,66-74,76-77,85,90,92,99-102,104-108H,26,34-38H2,1-5H3,(H2,89,103)(H,91,111)(H,93,114)(H,94,110)(H,95,113)(H,96,115)(H,97,109)(H,98,112)/t40-,54+,55-,62+,64-,66+,67+,68-,69+,70-,71+,72+,73+,74-,76+,77-,85-,86-/m0/s1. The van der Waals surface area contributed by atoms with Gasteiger partial charge in [-0.2, -0.15) is 0 Å². The molecule has 8 aromatic carbocycles. The van der Waals surface area contributed by atoms with Crippen LogP contribution in [0, 0.1) is 5.92 Å². The van der Waals surface area contributed by atoms with Crippen LogP contribution in [0.2, 0.25) is 10.0 Å². The Morgan fingerprint density at radius 2 is 1.23 bits per heavy atom. The Labute approximate surface area is 703 Å². The predicted molar refractivity (Wildman–Crippen MR) is 434 cm³/mol. The van der Waals surface area contributed by atoms with E-state index in [1.807, 2.05) is 68.4 Å². The molecule has 20 N–H and O–H groups in total. The lowest BCUT2D eigenvalue weighted by Crippen LogP contribution is -2.65. The number of aliphatic hydroxyl groups excluding tert-OH is 6. The second-order valence-electron chi connectivity index (χ2n) is 30.9. The fraction of sp³-hybridized carbons (Fsp3) is 0.349. The largest absolute Gasteiger partial charge is 0.508 e. The van der Waals surface area contributed by atoms with Gasteiger partial charge in [-0.15, -0.1) is 0 Å². The number of fused-ring (bicyclic) bond motifs is 15. The molecule has 15 rings (SSSR count). The maximum absolute atomic E-state index is 16.4. The maximum Gasteiger partial charge on any atom is 0.248 e.